The molecule has 5 rings (SSSR count). The average molecular weight is 377 g/mol. The number of aliphatic imine (C=N–C) groups is 1. The third kappa shape index (κ3) is 2.92. The topological polar surface area (TPSA) is 38.7 Å². The highest BCUT2D eigenvalue weighted by Gasteiger charge is 2.37. The third-order valence-corrected chi connectivity index (χ3v) is 5.44. The summed E-state index contributed by atoms with van der Waals surface area (Å²) >= 11 is 0. The maximum absolute atomic E-state index is 13.4. The number of carbonyl (C=O) groups excluding carboxylic acids is 1. The Kier molecular flexibility index (Phi) is 4.21. The van der Waals surface area contributed by atoms with Gasteiger partial charge >= 0.3 is 0 Å². The van der Waals surface area contributed by atoms with Crippen LogP contribution in [0.15, 0.2) is 96.0 Å². The van der Waals surface area contributed by atoms with E-state index in [9.17, 15) is 4.79 Å². The molecule has 1 atom stereocenters. The molecule has 0 bridgehead atoms. The van der Waals surface area contributed by atoms with Crippen LogP contribution in [0.5, 0.6) is 5.75 Å². The monoisotopic (exact) mass is 377 g/mol. The number of methoxy groups -OCH3 is 1. The Hall–Kier alpha value is -3.72. The van der Waals surface area contributed by atoms with E-state index in [2.05, 4.69) is 24.3 Å². The second kappa shape index (κ2) is 7.02. The van der Waals surface area contributed by atoms with Crippen LogP contribution >= 0.6 is 0 Å². The number of ether oxygens (including phenoxy) is 1. The van der Waals surface area contributed by atoms with Gasteiger partial charge in [0, 0.05) is 11.1 Å². The number of carbonyl (C=O) groups is 1. The number of hydrogen-bond acceptors (Lipinski definition) is 3. The zero-order chi connectivity index (χ0) is 19.8. The Labute approximate surface area is 169 Å². The molecule has 1 aliphatic rings. The summed E-state index contributed by atoms with van der Waals surface area (Å²) in [5.74, 6) is 0.348. The largest absolute Gasteiger partial charge is 0.494 e. The first-order valence-corrected chi connectivity index (χ1v) is 9.60. The van der Waals surface area contributed by atoms with Crippen molar-refractivity contribution in [2.45, 2.75) is 5.92 Å². The summed E-state index contributed by atoms with van der Waals surface area (Å²) in [4.78, 5) is 18.3. The highest BCUT2D eigenvalue weighted by molar-refractivity contribution is 6.32. The number of ketones is 1. The summed E-state index contributed by atoms with van der Waals surface area (Å²) < 4.78 is 5.48. The second-order valence-electron chi connectivity index (χ2n) is 7.12. The van der Waals surface area contributed by atoms with Crippen LogP contribution in [-0.2, 0) is 0 Å². The summed E-state index contributed by atoms with van der Waals surface area (Å²) in [5, 5.41) is 2.27. The normalized spacial score (nSPS) is 16.9. The predicted octanol–water partition coefficient (Wildman–Crippen LogP) is 5.95. The van der Waals surface area contributed by atoms with Gasteiger partial charge in [-0.2, -0.15) is 0 Å². The van der Waals surface area contributed by atoms with Gasteiger partial charge in [0.2, 0.25) is 0 Å². The van der Waals surface area contributed by atoms with Crippen LogP contribution in [0.25, 0.3) is 10.8 Å². The molecule has 0 fully saturated rings. The van der Waals surface area contributed by atoms with Crippen LogP contribution in [0.1, 0.15) is 27.4 Å². The van der Waals surface area contributed by atoms with E-state index in [-0.39, 0.29) is 5.78 Å². The maximum atomic E-state index is 13.4. The van der Waals surface area contributed by atoms with E-state index in [0.717, 1.165) is 38.9 Å². The SMILES string of the molecule is COc1ccccc1N=C1c2ccccc2C(=O)C1c1ccc2ccccc2c1. The molecule has 140 valence electrons. The van der Waals surface area contributed by atoms with E-state index in [1.807, 2.05) is 66.7 Å². The molecule has 0 saturated carbocycles. The first-order valence-electron chi connectivity index (χ1n) is 9.60. The van der Waals surface area contributed by atoms with E-state index < -0.39 is 5.92 Å². The smallest absolute Gasteiger partial charge is 0.176 e. The van der Waals surface area contributed by atoms with Gasteiger partial charge in [-0.1, -0.05) is 78.9 Å². The van der Waals surface area contributed by atoms with E-state index in [0.29, 0.717) is 5.75 Å². The van der Waals surface area contributed by atoms with Crippen molar-refractivity contribution in [3.63, 3.8) is 0 Å². The Morgan fingerprint density at radius 1 is 0.759 bits per heavy atom. The molecule has 1 aliphatic carbocycles. The fourth-order valence-electron chi connectivity index (χ4n) is 4.03. The zero-order valence-electron chi connectivity index (χ0n) is 16.0. The molecule has 0 amide bonds. The molecule has 0 saturated heterocycles. The quantitative estimate of drug-likeness (QED) is 0.442. The average Bonchev–Trinajstić information content (AvgIpc) is 3.05. The lowest BCUT2D eigenvalue weighted by molar-refractivity contribution is 0.0988. The standard InChI is InChI=1S/C26H19NO2/c1-29-23-13-7-6-12-22(23)27-25-20-10-4-5-11-21(20)26(28)24(25)19-15-14-17-8-2-3-9-18(17)16-19/h2-16,24H,1H3. The predicted molar refractivity (Wildman–Crippen MR) is 117 cm³/mol. The molecule has 0 aromatic heterocycles. The lowest BCUT2D eigenvalue weighted by atomic mass is 9.91. The molecule has 0 spiro atoms. The number of nitrogens with zero attached hydrogens (tertiary/aromatic N) is 1. The van der Waals surface area contributed by atoms with E-state index in [1.54, 1.807) is 7.11 Å². The highest BCUT2D eigenvalue weighted by Crippen LogP contribution is 2.38. The zero-order valence-corrected chi connectivity index (χ0v) is 16.0. The number of Topliss-reactive ketones (excluding diaryl/α,β-unsaturated/α-hetero) is 1. The van der Waals surface area contributed by atoms with Gasteiger partial charge in [-0.25, -0.2) is 4.99 Å². The minimum Gasteiger partial charge on any atom is -0.494 e. The van der Waals surface area contributed by atoms with Crippen molar-refractivity contribution < 1.29 is 9.53 Å². The van der Waals surface area contributed by atoms with E-state index in [1.165, 1.54) is 0 Å². The van der Waals surface area contributed by atoms with Crippen LogP contribution in [0, 0.1) is 0 Å². The number of rotatable bonds is 3. The number of fused-ring (bicyclic) bond motifs is 2. The van der Waals surface area contributed by atoms with Gasteiger partial charge in [-0.3, -0.25) is 4.79 Å². The van der Waals surface area contributed by atoms with Gasteiger partial charge in [0.05, 0.1) is 18.7 Å². The van der Waals surface area contributed by atoms with Crippen LogP contribution < -0.4 is 4.74 Å². The first kappa shape index (κ1) is 17.4. The van der Waals surface area contributed by atoms with Gasteiger partial charge in [-0.15, -0.1) is 0 Å². The minimum atomic E-state index is -0.429. The maximum Gasteiger partial charge on any atom is 0.176 e. The molecule has 0 radical (unpaired) electrons. The van der Waals surface area contributed by atoms with Gasteiger partial charge in [0.25, 0.3) is 0 Å². The highest BCUT2D eigenvalue weighted by atomic mass is 16.5. The number of hydrogen-bond donors (Lipinski definition) is 0. The summed E-state index contributed by atoms with van der Waals surface area (Å²) in [7, 11) is 1.63. The number of para-hydroxylation sites is 2. The summed E-state index contributed by atoms with van der Waals surface area (Å²) in [6, 6.07) is 29.7. The fourth-order valence-corrected chi connectivity index (χ4v) is 4.03. The van der Waals surface area contributed by atoms with Gasteiger partial charge in [-0.05, 0) is 28.5 Å². The lowest BCUT2D eigenvalue weighted by Crippen LogP contribution is -2.13. The van der Waals surface area contributed by atoms with Gasteiger partial charge < -0.3 is 4.74 Å². The Bertz CT molecular complexity index is 1270. The number of benzene rings is 4. The van der Waals surface area contributed by atoms with Crippen LogP contribution in [0.3, 0.4) is 0 Å². The molecule has 3 heteroatoms. The molecule has 0 N–H and O–H groups in total. The van der Waals surface area contributed by atoms with Crippen molar-refractivity contribution in [1.29, 1.82) is 0 Å². The Morgan fingerprint density at radius 3 is 2.28 bits per heavy atom. The second-order valence-corrected chi connectivity index (χ2v) is 7.12. The van der Waals surface area contributed by atoms with Crippen LogP contribution in [-0.4, -0.2) is 18.6 Å². The van der Waals surface area contributed by atoms with E-state index in [4.69, 9.17) is 9.73 Å². The van der Waals surface area contributed by atoms with Crippen molar-refractivity contribution in [1.82, 2.24) is 0 Å². The summed E-state index contributed by atoms with van der Waals surface area (Å²) in [5.41, 5.74) is 4.06. The molecule has 1 unspecified atom stereocenters. The van der Waals surface area contributed by atoms with Crippen molar-refractivity contribution in [2.24, 2.45) is 4.99 Å². The van der Waals surface area contributed by atoms with Crippen molar-refractivity contribution in [2.75, 3.05) is 7.11 Å². The molecular weight excluding hydrogens is 358 g/mol. The Morgan fingerprint density at radius 2 is 1.45 bits per heavy atom. The first-order chi connectivity index (χ1) is 14.3. The summed E-state index contributed by atoms with van der Waals surface area (Å²) in [6.07, 6.45) is 0. The van der Waals surface area contributed by atoms with Crippen LogP contribution in [0.2, 0.25) is 0 Å². The molecule has 0 aliphatic heterocycles. The third-order valence-electron chi connectivity index (χ3n) is 5.44. The van der Waals surface area contributed by atoms with Crippen molar-refractivity contribution in [3.8, 4) is 5.75 Å². The molecule has 4 aromatic carbocycles. The van der Waals surface area contributed by atoms with Crippen molar-refractivity contribution >= 4 is 28.0 Å². The van der Waals surface area contributed by atoms with Gasteiger partial charge in [0.15, 0.2) is 5.78 Å². The molecule has 4 aromatic rings. The molecule has 0 heterocycles. The minimum absolute atomic E-state index is 0.0875. The van der Waals surface area contributed by atoms with Crippen LogP contribution in [0.4, 0.5) is 5.69 Å². The summed E-state index contributed by atoms with van der Waals surface area (Å²) in [6.45, 7) is 0. The lowest BCUT2D eigenvalue weighted by Gasteiger charge is -2.13. The Balaban J connectivity index is 1.72. The fraction of sp³-hybridized carbons (Fsp3) is 0.0769. The molecule has 29 heavy (non-hydrogen) atoms. The van der Waals surface area contributed by atoms with Crippen molar-refractivity contribution in [3.05, 3.63) is 108 Å². The molecule has 3 nitrogen and oxygen atoms in total. The van der Waals surface area contributed by atoms with Gasteiger partial charge in [0.1, 0.15) is 11.4 Å². The molecular formula is C26H19NO2. The van der Waals surface area contributed by atoms with E-state index >= 15 is 0 Å².